The predicted molar refractivity (Wildman–Crippen MR) is 83.7 cm³/mol. The predicted octanol–water partition coefficient (Wildman–Crippen LogP) is 1.66. The number of rotatable bonds is 7. The van der Waals surface area contributed by atoms with Crippen LogP contribution in [0.4, 0.5) is 0 Å². The molecule has 1 unspecified atom stereocenters. The molecule has 20 heavy (non-hydrogen) atoms. The van der Waals surface area contributed by atoms with Gasteiger partial charge in [0.15, 0.2) is 0 Å². The molecule has 0 radical (unpaired) electrons. The van der Waals surface area contributed by atoms with E-state index < -0.39 is 9.84 Å². The van der Waals surface area contributed by atoms with Gasteiger partial charge in [-0.15, -0.1) is 0 Å². The van der Waals surface area contributed by atoms with Crippen LogP contribution in [-0.2, 0) is 9.84 Å². The fourth-order valence-electron chi connectivity index (χ4n) is 3.46. The molecule has 1 N–H and O–H groups in total. The number of hydrogen-bond donors (Lipinski definition) is 1. The van der Waals surface area contributed by atoms with Crippen LogP contribution < -0.4 is 5.32 Å². The molecule has 118 valence electrons. The lowest BCUT2D eigenvalue weighted by atomic mass is 9.87. The van der Waals surface area contributed by atoms with Gasteiger partial charge in [-0.1, -0.05) is 13.8 Å². The Labute approximate surface area is 124 Å². The Kier molecular flexibility index (Phi) is 5.14. The van der Waals surface area contributed by atoms with Gasteiger partial charge in [-0.2, -0.15) is 0 Å². The minimum absolute atomic E-state index is 0.233. The highest BCUT2D eigenvalue weighted by Crippen LogP contribution is 2.38. The molecule has 1 aliphatic heterocycles. The lowest BCUT2D eigenvalue weighted by Crippen LogP contribution is -2.64. The van der Waals surface area contributed by atoms with Crippen molar-refractivity contribution >= 4 is 9.84 Å². The molecule has 0 aromatic heterocycles. The Hall–Kier alpha value is -0.130. The van der Waals surface area contributed by atoms with Gasteiger partial charge in [-0.3, -0.25) is 4.90 Å². The Bertz CT molecular complexity index is 414. The van der Waals surface area contributed by atoms with Crippen molar-refractivity contribution < 1.29 is 8.42 Å². The lowest BCUT2D eigenvalue weighted by Gasteiger charge is -2.48. The quantitative estimate of drug-likeness (QED) is 0.777. The van der Waals surface area contributed by atoms with Crippen LogP contribution in [0.2, 0.25) is 0 Å². The van der Waals surface area contributed by atoms with Crippen LogP contribution in [0.15, 0.2) is 0 Å². The standard InChI is InChI=1S/C15H30N2O2S/c1-4-15(5-2)12-17(9-6-10-20(3,18)19)14(11-16-15)13-7-8-13/h13-14,16H,4-12H2,1-3H3. The fourth-order valence-corrected chi connectivity index (χ4v) is 4.11. The molecular formula is C15H30N2O2S. The van der Waals surface area contributed by atoms with Crippen LogP contribution >= 0.6 is 0 Å². The number of nitrogens with zero attached hydrogens (tertiary/aromatic N) is 1. The van der Waals surface area contributed by atoms with E-state index in [0.29, 0.717) is 11.8 Å². The van der Waals surface area contributed by atoms with Crippen LogP contribution in [0.25, 0.3) is 0 Å². The molecular weight excluding hydrogens is 272 g/mol. The van der Waals surface area contributed by atoms with Crippen LogP contribution in [0, 0.1) is 5.92 Å². The SMILES string of the molecule is CCC1(CC)CN(CCCS(C)(=O)=O)C(C2CC2)CN1. The monoisotopic (exact) mass is 302 g/mol. The first-order chi connectivity index (χ1) is 9.39. The third kappa shape index (κ3) is 4.18. The summed E-state index contributed by atoms with van der Waals surface area (Å²) in [6, 6.07) is 0.626. The molecule has 0 bridgehead atoms. The minimum atomic E-state index is -2.83. The van der Waals surface area contributed by atoms with E-state index in [1.54, 1.807) is 0 Å². The van der Waals surface area contributed by atoms with Gasteiger partial charge < -0.3 is 5.32 Å². The minimum Gasteiger partial charge on any atom is -0.308 e. The normalized spacial score (nSPS) is 27.6. The van der Waals surface area contributed by atoms with E-state index in [-0.39, 0.29) is 5.54 Å². The maximum absolute atomic E-state index is 11.3. The first kappa shape index (κ1) is 16.2. The molecule has 2 fully saturated rings. The van der Waals surface area contributed by atoms with Gasteiger partial charge in [0.05, 0.1) is 5.75 Å². The van der Waals surface area contributed by atoms with Crippen molar-refractivity contribution in [1.29, 1.82) is 0 Å². The van der Waals surface area contributed by atoms with Crippen LogP contribution in [0.1, 0.15) is 46.0 Å². The highest BCUT2D eigenvalue weighted by Gasteiger charge is 2.42. The van der Waals surface area contributed by atoms with E-state index in [0.717, 1.165) is 44.8 Å². The topological polar surface area (TPSA) is 49.4 Å². The van der Waals surface area contributed by atoms with Crippen molar-refractivity contribution in [3.8, 4) is 0 Å². The smallest absolute Gasteiger partial charge is 0.147 e. The summed E-state index contributed by atoms with van der Waals surface area (Å²) in [6.07, 6.45) is 7.09. The van der Waals surface area contributed by atoms with Crippen LogP contribution in [0.5, 0.6) is 0 Å². The maximum Gasteiger partial charge on any atom is 0.147 e. The number of hydrogen-bond acceptors (Lipinski definition) is 4. The summed E-state index contributed by atoms with van der Waals surface area (Å²) in [7, 11) is -2.83. The molecule has 0 aromatic carbocycles. The summed E-state index contributed by atoms with van der Waals surface area (Å²) >= 11 is 0. The third-order valence-electron chi connectivity index (χ3n) is 5.14. The van der Waals surface area contributed by atoms with E-state index in [2.05, 4.69) is 24.1 Å². The molecule has 2 rings (SSSR count). The van der Waals surface area contributed by atoms with Gasteiger partial charge in [0.1, 0.15) is 9.84 Å². The van der Waals surface area contributed by atoms with Gasteiger partial charge in [0.25, 0.3) is 0 Å². The summed E-state index contributed by atoms with van der Waals surface area (Å²) in [5.74, 6) is 1.16. The summed E-state index contributed by atoms with van der Waals surface area (Å²) < 4.78 is 22.6. The summed E-state index contributed by atoms with van der Waals surface area (Å²) in [5, 5.41) is 3.78. The average Bonchev–Trinajstić information content (AvgIpc) is 3.21. The zero-order valence-corrected chi connectivity index (χ0v) is 14.0. The summed E-state index contributed by atoms with van der Waals surface area (Å²) in [6.45, 7) is 7.58. The molecule has 4 nitrogen and oxygen atoms in total. The van der Waals surface area contributed by atoms with Crippen molar-refractivity contribution in [3.63, 3.8) is 0 Å². The van der Waals surface area contributed by atoms with Gasteiger partial charge in [0, 0.05) is 30.9 Å². The molecule has 5 heteroatoms. The molecule has 0 spiro atoms. The van der Waals surface area contributed by atoms with Crippen LogP contribution in [-0.4, -0.2) is 56.5 Å². The van der Waals surface area contributed by atoms with Crippen molar-refractivity contribution in [1.82, 2.24) is 10.2 Å². The van der Waals surface area contributed by atoms with Gasteiger partial charge >= 0.3 is 0 Å². The second kappa shape index (κ2) is 6.32. The Morgan fingerprint density at radius 3 is 2.40 bits per heavy atom. The number of piperazine rings is 1. The van der Waals surface area contributed by atoms with Crippen LogP contribution in [0.3, 0.4) is 0 Å². The molecule has 1 atom stereocenters. The van der Waals surface area contributed by atoms with Gasteiger partial charge in [-0.25, -0.2) is 8.42 Å². The number of nitrogens with one attached hydrogen (secondary N) is 1. The molecule has 2 aliphatic rings. The number of sulfone groups is 1. The Morgan fingerprint density at radius 1 is 1.25 bits per heavy atom. The molecule has 0 amide bonds. The lowest BCUT2D eigenvalue weighted by molar-refractivity contribution is 0.0623. The average molecular weight is 302 g/mol. The largest absolute Gasteiger partial charge is 0.308 e. The highest BCUT2D eigenvalue weighted by molar-refractivity contribution is 7.90. The third-order valence-corrected chi connectivity index (χ3v) is 6.17. The van der Waals surface area contributed by atoms with Crippen molar-refractivity contribution in [3.05, 3.63) is 0 Å². The second-order valence-corrected chi connectivity index (χ2v) is 8.99. The van der Waals surface area contributed by atoms with Crippen molar-refractivity contribution in [2.75, 3.05) is 31.6 Å². The molecule has 0 aromatic rings. The highest BCUT2D eigenvalue weighted by atomic mass is 32.2. The molecule has 1 saturated heterocycles. The van der Waals surface area contributed by atoms with Crippen molar-refractivity contribution in [2.45, 2.75) is 57.5 Å². The first-order valence-electron chi connectivity index (χ1n) is 8.06. The van der Waals surface area contributed by atoms with E-state index in [1.165, 1.54) is 19.1 Å². The van der Waals surface area contributed by atoms with E-state index >= 15 is 0 Å². The fraction of sp³-hybridized carbons (Fsp3) is 1.00. The zero-order valence-electron chi connectivity index (χ0n) is 13.2. The maximum atomic E-state index is 11.3. The van der Waals surface area contributed by atoms with Crippen molar-refractivity contribution in [2.24, 2.45) is 5.92 Å². The Morgan fingerprint density at radius 2 is 1.90 bits per heavy atom. The molecule has 1 aliphatic carbocycles. The van der Waals surface area contributed by atoms with Gasteiger partial charge in [-0.05, 0) is 44.6 Å². The van der Waals surface area contributed by atoms with Gasteiger partial charge in [0.2, 0.25) is 0 Å². The summed E-state index contributed by atoms with van der Waals surface area (Å²) in [5.41, 5.74) is 0.233. The first-order valence-corrected chi connectivity index (χ1v) is 10.1. The van der Waals surface area contributed by atoms with E-state index in [4.69, 9.17) is 0 Å². The summed E-state index contributed by atoms with van der Waals surface area (Å²) in [4.78, 5) is 2.58. The molecule has 1 saturated carbocycles. The zero-order chi connectivity index (χ0) is 14.8. The van der Waals surface area contributed by atoms with E-state index in [1.807, 2.05) is 0 Å². The molecule has 1 heterocycles. The van der Waals surface area contributed by atoms with E-state index in [9.17, 15) is 8.42 Å². The second-order valence-electron chi connectivity index (χ2n) is 6.73. The Balaban J connectivity index is 1.95.